The Morgan fingerprint density at radius 3 is 2.22 bits per heavy atom. The lowest BCUT2D eigenvalue weighted by Crippen LogP contribution is -2.44. The van der Waals surface area contributed by atoms with Crippen LogP contribution in [0.3, 0.4) is 0 Å². The molecular weight excluding hydrogens is 232 g/mol. The van der Waals surface area contributed by atoms with Crippen LogP contribution >= 0.6 is 0 Å². The van der Waals surface area contributed by atoms with Crippen LogP contribution in [0.15, 0.2) is 0 Å². The van der Waals surface area contributed by atoms with Gasteiger partial charge in [-0.25, -0.2) is 4.79 Å². The van der Waals surface area contributed by atoms with E-state index in [1.54, 1.807) is 0 Å². The monoisotopic (exact) mass is 256 g/mol. The van der Waals surface area contributed by atoms with E-state index in [1.807, 2.05) is 0 Å². The van der Waals surface area contributed by atoms with Gasteiger partial charge in [0.05, 0.1) is 5.41 Å². The molecular formula is C13H24N2O3. The second-order valence-corrected chi connectivity index (χ2v) is 6.26. The number of carboxylic acid groups (broad SMARTS) is 1. The molecule has 1 fully saturated rings. The molecule has 1 saturated carbocycles. The molecule has 18 heavy (non-hydrogen) atoms. The number of carboxylic acids is 1. The van der Waals surface area contributed by atoms with Crippen molar-refractivity contribution >= 4 is 12.0 Å². The van der Waals surface area contributed by atoms with Crippen molar-refractivity contribution < 1.29 is 14.7 Å². The SMILES string of the molecule is CC(C)C(C)(C)CNC(=O)NCC1(C(=O)O)CC1. The Morgan fingerprint density at radius 2 is 1.83 bits per heavy atom. The lowest BCUT2D eigenvalue weighted by Gasteiger charge is -2.29. The molecule has 1 aliphatic carbocycles. The first-order valence-electron chi connectivity index (χ1n) is 6.45. The molecule has 0 aromatic rings. The van der Waals surface area contributed by atoms with Gasteiger partial charge in [0.25, 0.3) is 0 Å². The van der Waals surface area contributed by atoms with Crippen LogP contribution in [-0.2, 0) is 4.79 Å². The van der Waals surface area contributed by atoms with Gasteiger partial charge >= 0.3 is 12.0 Å². The normalized spacial score (nSPS) is 17.4. The zero-order valence-electron chi connectivity index (χ0n) is 11.7. The molecule has 0 aromatic carbocycles. The van der Waals surface area contributed by atoms with Gasteiger partial charge in [-0.15, -0.1) is 0 Å². The fourth-order valence-electron chi connectivity index (χ4n) is 1.44. The van der Waals surface area contributed by atoms with Crippen LogP contribution < -0.4 is 10.6 Å². The van der Waals surface area contributed by atoms with Crippen LogP contribution in [0, 0.1) is 16.7 Å². The van der Waals surface area contributed by atoms with E-state index in [9.17, 15) is 9.59 Å². The second-order valence-electron chi connectivity index (χ2n) is 6.26. The minimum absolute atomic E-state index is 0.0292. The fraction of sp³-hybridized carbons (Fsp3) is 0.846. The predicted octanol–water partition coefficient (Wildman–Crippen LogP) is 1.83. The lowest BCUT2D eigenvalue weighted by atomic mass is 9.81. The summed E-state index contributed by atoms with van der Waals surface area (Å²) in [6.07, 6.45) is 1.31. The third kappa shape index (κ3) is 3.62. The topological polar surface area (TPSA) is 78.4 Å². The first-order valence-corrected chi connectivity index (χ1v) is 6.45. The maximum absolute atomic E-state index is 11.6. The minimum Gasteiger partial charge on any atom is -0.481 e. The number of amides is 2. The maximum atomic E-state index is 11.6. The first kappa shape index (κ1) is 14.8. The van der Waals surface area contributed by atoms with E-state index in [1.165, 1.54) is 0 Å². The molecule has 104 valence electrons. The maximum Gasteiger partial charge on any atom is 0.314 e. The fourth-order valence-corrected chi connectivity index (χ4v) is 1.44. The van der Waals surface area contributed by atoms with Gasteiger partial charge in [0.15, 0.2) is 0 Å². The zero-order valence-corrected chi connectivity index (χ0v) is 11.7. The number of rotatable bonds is 6. The Bertz CT molecular complexity index is 333. The van der Waals surface area contributed by atoms with Crippen molar-refractivity contribution in [3.05, 3.63) is 0 Å². The Balaban J connectivity index is 2.29. The van der Waals surface area contributed by atoms with Crippen LogP contribution in [-0.4, -0.2) is 30.2 Å². The van der Waals surface area contributed by atoms with Crippen molar-refractivity contribution in [3.8, 4) is 0 Å². The van der Waals surface area contributed by atoms with Crippen molar-refractivity contribution in [2.24, 2.45) is 16.7 Å². The minimum atomic E-state index is -0.815. The van der Waals surface area contributed by atoms with E-state index < -0.39 is 11.4 Å². The van der Waals surface area contributed by atoms with E-state index in [2.05, 4.69) is 38.3 Å². The van der Waals surface area contributed by atoms with E-state index in [0.717, 1.165) is 0 Å². The Kier molecular flexibility index (Phi) is 4.24. The number of nitrogens with one attached hydrogen (secondary N) is 2. The van der Waals surface area contributed by atoms with Gasteiger partial charge in [-0.1, -0.05) is 27.7 Å². The number of urea groups is 1. The highest BCUT2D eigenvalue weighted by atomic mass is 16.4. The highest BCUT2D eigenvalue weighted by Crippen LogP contribution is 2.45. The van der Waals surface area contributed by atoms with Crippen LogP contribution in [0.4, 0.5) is 4.79 Å². The summed E-state index contributed by atoms with van der Waals surface area (Å²) in [4.78, 5) is 22.5. The third-order valence-corrected chi connectivity index (χ3v) is 4.16. The summed E-state index contributed by atoms with van der Waals surface area (Å²) >= 11 is 0. The first-order chi connectivity index (χ1) is 8.19. The largest absolute Gasteiger partial charge is 0.481 e. The van der Waals surface area contributed by atoms with Gasteiger partial charge in [0.1, 0.15) is 0 Å². The molecule has 0 unspecified atom stereocenters. The molecule has 2 amide bonds. The molecule has 0 radical (unpaired) electrons. The molecule has 0 aliphatic heterocycles. The summed E-state index contributed by atoms with van der Waals surface area (Å²) in [5.74, 6) is -0.350. The number of carbonyl (C=O) groups excluding carboxylic acids is 1. The molecule has 0 aromatic heterocycles. The summed E-state index contributed by atoms with van der Waals surface area (Å²) < 4.78 is 0. The van der Waals surface area contributed by atoms with Gasteiger partial charge in [-0.05, 0) is 24.2 Å². The molecule has 1 rings (SSSR count). The van der Waals surface area contributed by atoms with Crippen molar-refractivity contribution in [2.45, 2.75) is 40.5 Å². The average molecular weight is 256 g/mol. The molecule has 0 saturated heterocycles. The Labute approximate surface area is 108 Å². The van der Waals surface area contributed by atoms with Crippen LogP contribution in [0.25, 0.3) is 0 Å². The molecule has 3 N–H and O–H groups in total. The lowest BCUT2D eigenvalue weighted by molar-refractivity contribution is -0.143. The number of hydrogen-bond donors (Lipinski definition) is 3. The van der Waals surface area contributed by atoms with Crippen LogP contribution in [0.2, 0.25) is 0 Å². The van der Waals surface area contributed by atoms with Gasteiger partial charge in [0, 0.05) is 13.1 Å². The summed E-state index contributed by atoms with van der Waals surface area (Å²) in [5, 5.41) is 14.4. The molecule has 0 atom stereocenters. The average Bonchev–Trinajstić information content (AvgIpc) is 3.04. The van der Waals surface area contributed by atoms with Crippen LogP contribution in [0.5, 0.6) is 0 Å². The van der Waals surface area contributed by atoms with E-state index in [-0.39, 0.29) is 18.0 Å². The van der Waals surface area contributed by atoms with E-state index in [4.69, 9.17) is 5.11 Å². The van der Waals surface area contributed by atoms with Gasteiger partial charge in [-0.2, -0.15) is 0 Å². The third-order valence-electron chi connectivity index (χ3n) is 4.16. The van der Waals surface area contributed by atoms with E-state index in [0.29, 0.717) is 25.3 Å². The van der Waals surface area contributed by atoms with Gasteiger partial charge in [0.2, 0.25) is 0 Å². The van der Waals surface area contributed by atoms with Crippen molar-refractivity contribution in [1.82, 2.24) is 10.6 Å². The second kappa shape index (κ2) is 5.16. The summed E-state index contributed by atoms with van der Waals surface area (Å²) in [6, 6.07) is -0.281. The molecule has 5 nitrogen and oxygen atoms in total. The van der Waals surface area contributed by atoms with Crippen molar-refractivity contribution in [2.75, 3.05) is 13.1 Å². The Hall–Kier alpha value is -1.26. The standard InChI is InChI=1S/C13H24N2O3/c1-9(2)12(3,4)7-14-11(18)15-8-13(5-6-13)10(16)17/h9H,5-8H2,1-4H3,(H,16,17)(H2,14,15,18). The molecule has 0 spiro atoms. The molecule has 0 heterocycles. The predicted molar refractivity (Wildman–Crippen MR) is 69.3 cm³/mol. The van der Waals surface area contributed by atoms with Crippen molar-refractivity contribution in [1.29, 1.82) is 0 Å². The van der Waals surface area contributed by atoms with Gasteiger partial charge in [-0.3, -0.25) is 4.79 Å². The van der Waals surface area contributed by atoms with Gasteiger partial charge < -0.3 is 15.7 Å². The summed E-state index contributed by atoms with van der Waals surface area (Å²) in [5.41, 5.74) is -0.674. The summed E-state index contributed by atoms with van der Waals surface area (Å²) in [6.45, 7) is 9.22. The molecule has 1 aliphatic rings. The number of aliphatic carboxylic acids is 1. The van der Waals surface area contributed by atoms with E-state index >= 15 is 0 Å². The quantitative estimate of drug-likeness (QED) is 0.678. The Morgan fingerprint density at radius 1 is 1.28 bits per heavy atom. The number of carbonyl (C=O) groups is 2. The summed E-state index contributed by atoms with van der Waals surface area (Å²) in [7, 11) is 0. The molecule has 5 heteroatoms. The smallest absolute Gasteiger partial charge is 0.314 e. The van der Waals surface area contributed by atoms with Crippen molar-refractivity contribution in [3.63, 3.8) is 0 Å². The highest BCUT2D eigenvalue weighted by molar-refractivity contribution is 5.80. The number of hydrogen-bond acceptors (Lipinski definition) is 2. The molecule has 0 bridgehead atoms. The zero-order chi connectivity index (χ0) is 14.0. The van der Waals surface area contributed by atoms with Crippen LogP contribution in [0.1, 0.15) is 40.5 Å². The highest BCUT2D eigenvalue weighted by Gasteiger charge is 2.50.